The summed E-state index contributed by atoms with van der Waals surface area (Å²) in [5.74, 6) is -0.350. The normalized spacial score (nSPS) is 14.6. The zero-order valence-corrected chi connectivity index (χ0v) is 19.2. The second-order valence-corrected chi connectivity index (χ2v) is 9.32. The molecule has 7 nitrogen and oxygen atoms in total. The molecule has 37 heavy (non-hydrogen) atoms. The quantitative estimate of drug-likeness (QED) is 0.276. The van der Waals surface area contributed by atoms with Gasteiger partial charge in [0.15, 0.2) is 5.60 Å². The lowest BCUT2D eigenvalue weighted by molar-refractivity contribution is -0.136. The molecule has 0 radical (unpaired) electrons. The Morgan fingerprint density at radius 1 is 0.730 bits per heavy atom. The van der Waals surface area contributed by atoms with Crippen LogP contribution >= 0.6 is 0 Å². The third-order valence-electron chi connectivity index (χ3n) is 7.15. The number of aromatic hydroxyl groups is 2. The monoisotopic (exact) mass is 490 g/mol. The Bertz CT molecular complexity index is 1740. The summed E-state index contributed by atoms with van der Waals surface area (Å²) in [6.07, 6.45) is -0.216. The van der Waals surface area contributed by atoms with Crippen molar-refractivity contribution in [2.45, 2.75) is 12.0 Å². The molecule has 0 aromatic heterocycles. The van der Waals surface area contributed by atoms with Gasteiger partial charge >= 0.3 is 11.9 Å². The molecule has 0 saturated carbocycles. The van der Waals surface area contributed by atoms with Gasteiger partial charge in [-0.05, 0) is 70.9 Å². The topological polar surface area (TPSA) is 113 Å². The summed E-state index contributed by atoms with van der Waals surface area (Å²) >= 11 is 0. The van der Waals surface area contributed by atoms with Crippen LogP contribution < -0.4 is 4.74 Å². The van der Waals surface area contributed by atoms with Crippen LogP contribution in [-0.4, -0.2) is 27.3 Å². The summed E-state index contributed by atoms with van der Waals surface area (Å²) in [6, 6.07) is 22.3. The maximum absolute atomic E-state index is 13.3. The maximum atomic E-state index is 13.3. The predicted octanol–water partition coefficient (Wildman–Crippen LogP) is 5.60. The zero-order valence-electron chi connectivity index (χ0n) is 19.2. The highest BCUT2D eigenvalue weighted by Gasteiger charge is 2.54. The maximum Gasteiger partial charge on any atom is 0.340 e. The summed E-state index contributed by atoms with van der Waals surface area (Å²) in [4.78, 5) is 24.6. The Hall–Kier alpha value is -5.04. The number of benzene rings is 5. The molecule has 2 heterocycles. The van der Waals surface area contributed by atoms with Crippen molar-refractivity contribution in [3.8, 4) is 23.0 Å². The molecule has 2 aliphatic heterocycles. The number of carboxylic acids is 1. The Kier molecular flexibility index (Phi) is 4.16. The lowest BCUT2D eigenvalue weighted by atomic mass is 9.76. The third kappa shape index (κ3) is 2.88. The highest BCUT2D eigenvalue weighted by molar-refractivity contribution is 6.01. The second kappa shape index (κ2) is 7.24. The predicted molar refractivity (Wildman–Crippen MR) is 134 cm³/mol. The van der Waals surface area contributed by atoms with E-state index in [0.717, 1.165) is 21.5 Å². The van der Waals surface area contributed by atoms with Gasteiger partial charge in [0.2, 0.25) is 0 Å². The van der Waals surface area contributed by atoms with E-state index in [1.54, 1.807) is 54.6 Å². The summed E-state index contributed by atoms with van der Waals surface area (Å²) in [7, 11) is 0. The van der Waals surface area contributed by atoms with E-state index in [1.165, 1.54) is 0 Å². The summed E-state index contributed by atoms with van der Waals surface area (Å²) < 4.78 is 12.8. The molecule has 7 rings (SSSR count). The van der Waals surface area contributed by atoms with Crippen LogP contribution in [0, 0.1) is 0 Å². The average molecular weight is 490 g/mol. The van der Waals surface area contributed by atoms with Crippen molar-refractivity contribution in [2.24, 2.45) is 0 Å². The molecular formula is C30H18O7. The molecule has 0 fully saturated rings. The number of fused-ring (bicyclic) bond motifs is 10. The van der Waals surface area contributed by atoms with E-state index < -0.39 is 17.5 Å². The average Bonchev–Trinajstić information content (AvgIpc) is 3.15. The van der Waals surface area contributed by atoms with E-state index in [4.69, 9.17) is 9.47 Å². The first-order chi connectivity index (χ1) is 17.8. The standard InChI is InChI=1S/C30H18O7/c31-18-4-6-20-16(13-18)2-9-24-27(20)36-28-21-7-5-19(32)14-17(21)3-10-25(28)30(24)23-8-1-15(12-26(33)34)11-22(23)29(35)37-30/h1-11,13-14,31-32H,12H2,(H,33,34). The Balaban J connectivity index is 1.59. The molecule has 5 aromatic rings. The van der Waals surface area contributed by atoms with Crippen molar-refractivity contribution in [1.29, 1.82) is 0 Å². The molecule has 5 aromatic carbocycles. The van der Waals surface area contributed by atoms with Crippen LogP contribution in [0.15, 0.2) is 78.9 Å². The van der Waals surface area contributed by atoms with Crippen LogP contribution in [-0.2, 0) is 21.6 Å². The van der Waals surface area contributed by atoms with Crippen LogP contribution in [0.3, 0.4) is 0 Å². The van der Waals surface area contributed by atoms with Crippen molar-refractivity contribution >= 4 is 33.5 Å². The van der Waals surface area contributed by atoms with Crippen molar-refractivity contribution < 1.29 is 34.4 Å². The number of hydrogen-bond donors (Lipinski definition) is 3. The van der Waals surface area contributed by atoms with Gasteiger partial charge in [-0.15, -0.1) is 0 Å². The van der Waals surface area contributed by atoms with Gasteiger partial charge in [0.25, 0.3) is 0 Å². The zero-order chi connectivity index (χ0) is 25.5. The fourth-order valence-corrected chi connectivity index (χ4v) is 5.60. The van der Waals surface area contributed by atoms with Crippen molar-refractivity contribution in [3.05, 3.63) is 107 Å². The number of carbonyl (C=O) groups is 2. The number of aliphatic carboxylic acids is 1. The largest absolute Gasteiger partial charge is 0.508 e. The minimum atomic E-state index is -1.34. The summed E-state index contributed by atoms with van der Waals surface area (Å²) in [5, 5.41) is 32.3. The molecule has 180 valence electrons. The number of phenols is 2. The number of phenolic OH excluding ortho intramolecular Hbond substituents is 2. The molecule has 0 saturated heterocycles. The van der Waals surface area contributed by atoms with Crippen molar-refractivity contribution in [3.63, 3.8) is 0 Å². The van der Waals surface area contributed by atoms with Gasteiger partial charge in [-0.25, -0.2) is 4.79 Å². The second-order valence-electron chi connectivity index (χ2n) is 9.32. The van der Waals surface area contributed by atoms with E-state index in [-0.39, 0.29) is 17.9 Å². The van der Waals surface area contributed by atoms with Gasteiger partial charge in [0.05, 0.1) is 12.0 Å². The summed E-state index contributed by atoms with van der Waals surface area (Å²) in [6.45, 7) is 0. The van der Waals surface area contributed by atoms with E-state index in [1.807, 2.05) is 24.3 Å². The minimum absolute atomic E-state index is 0.114. The van der Waals surface area contributed by atoms with Crippen LogP contribution in [0.4, 0.5) is 0 Å². The molecule has 7 heteroatoms. The molecule has 0 atom stereocenters. The smallest absolute Gasteiger partial charge is 0.340 e. The van der Waals surface area contributed by atoms with Crippen molar-refractivity contribution in [2.75, 3.05) is 0 Å². The Labute approximate surface area is 209 Å². The molecule has 3 N–H and O–H groups in total. The minimum Gasteiger partial charge on any atom is -0.508 e. The lowest BCUT2D eigenvalue weighted by Crippen LogP contribution is -2.33. The van der Waals surface area contributed by atoms with Gasteiger partial charge in [-0.1, -0.05) is 24.3 Å². The third-order valence-corrected chi connectivity index (χ3v) is 7.15. The van der Waals surface area contributed by atoms with Gasteiger partial charge in [0.1, 0.15) is 23.0 Å². The van der Waals surface area contributed by atoms with Gasteiger partial charge < -0.3 is 24.8 Å². The van der Waals surface area contributed by atoms with Crippen LogP contribution in [0.25, 0.3) is 21.5 Å². The molecule has 0 bridgehead atoms. The Morgan fingerprint density at radius 3 is 1.86 bits per heavy atom. The first-order valence-electron chi connectivity index (χ1n) is 11.6. The first kappa shape index (κ1) is 21.3. The Morgan fingerprint density at radius 2 is 1.30 bits per heavy atom. The molecule has 0 amide bonds. The van der Waals surface area contributed by atoms with Gasteiger partial charge in [-0.2, -0.15) is 0 Å². The fraction of sp³-hybridized carbons (Fsp3) is 0.0667. The first-order valence-corrected chi connectivity index (χ1v) is 11.6. The molecule has 1 spiro atoms. The van der Waals surface area contributed by atoms with E-state index in [9.17, 15) is 24.9 Å². The molecule has 0 aliphatic carbocycles. The van der Waals surface area contributed by atoms with E-state index in [0.29, 0.717) is 39.3 Å². The van der Waals surface area contributed by atoms with Crippen LogP contribution in [0.5, 0.6) is 23.0 Å². The number of rotatable bonds is 2. The highest BCUT2D eigenvalue weighted by atomic mass is 16.6. The van der Waals surface area contributed by atoms with E-state index in [2.05, 4.69) is 0 Å². The number of hydrogen-bond acceptors (Lipinski definition) is 6. The fourth-order valence-electron chi connectivity index (χ4n) is 5.60. The SMILES string of the molecule is O=C(O)Cc1ccc2c(c1)C(=O)OC21c2ccc3cc(O)ccc3c2Oc2c1ccc1cc(O)ccc21. The molecule has 0 unspecified atom stereocenters. The lowest BCUT2D eigenvalue weighted by Gasteiger charge is -2.37. The van der Waals surface area contributed by atoms with Crippen molar-refractivity contribution in [1.82, 2.24) is 0 Å². The van der Waals surface area contributed by atoms with E-state index >= 15 is 0 Å². The summed E-state index contributed by atoms with van der Waals surface area (Å²) in [5.41, 5.74) is 1.29. The van der Waals surface area contributed by atoms with Gasteiger partial charge in [-0.3, -0.25) is 4.79 Å². The highest BCUT2D eigenvalue weighted by Crippen LogP contribution is 2.59. The molecule has 2 aliphatic rings. The van der Waals surface area contributed by atoms with Gasteiger partial charge in [0, 0.05) is 27.5 Å². The number of carbonyl (C=O) groups excluding carboxylic acids is 1. The molecular weight excluding hydrogens is 472 g/mol. The van der Waals surface area contributed by atoms with Crippen LogP contribution in [0.2, 0.25) is 0 Å². The number of carboxylic acid groups (broad SMARTS) is 1. The number of esters is 1. The van der Waals surface area contributed by atoms with Crippen LogP contribution in [0.1, 0.15) is 32.6 Å². The number of ether oxygens (including phenoxy) is 2.